The Balaban J connectivity index is 1.75. The van der Waals surface area contributed by atoms with Crippen LogP contribution in [0, 0.1) is 6.92 Å². The van der Waals surface area contributed by atoms with Crippen molar-refractivity contribution in [3.63, 3.8) is 0 Å². The first kappa shape index (κ1) is 17.0. The average molecular weight is 332 g/mol. The van der Waals surface area contributed by atoms with Gasteiger partial charge in [0.05, 0.1) is 0 Å². The molecule has 0 fully saturated rings. The summed E-state index contributed by atoms with van der Waals surface area (Å²) in [7, 11) is 0. The van der Waals surface area contributed by atoms with Gasteiger partial charge in [-0.3, -0.25) is 0 Å². The molecule has 0 bridgehead atoms. The topological polar surface area (TPSA) is 49.8 Å². The maximum absolute atomic E-state index is 4.60. The molecule has 1 atom stereocenters. The van der Waals surface area contributed by atoms with Crippen LogP contribution in [0.2, 0.25) is 0 Å². The molecule has 3 aromatic rings. The molecule has 3 rings (SSSR count). The summed E-state index contributed by atoms with van der Waals surface area (Å²) in [6.45, 7) is 6.26. The fraction of sp³-hybridized carbons (Fsp3) is 0.238. The minimum Gasteiger partial charge on any atom is -0.363 e. The summed E-state index contributed by atoms with van der Waals surface area (Å²) in [5, 5.41) is 6.74. The number of nitrogens with zero attached hydrogens (tertiary/aromatic N) is 2. The van der Waals surface area contributed by atoms with Crippen LogP contribution in [-0.4, -0.2) is 9.97 Å². The standard InChI is InChI=1S/C21H24N4/c1-4-17-10-12-19(13-11-17)24-21-22-15(2)14-20(25-21)23-16(3)18-8-6-5-7-9-18/h5-14,16H,4H2,1-3H3,(H2,22,23,24,25). The van der Waals surface area contributed by atoms with Crippen molar-refractivity contribution in [3.8, 4) is 0 Å². The lowest BCUT2D eigenvalue weighted by Gasteiger charge is -2.16. The van der Waals surface area contributed by atoms with Crippen molar-refractivity contribution in [2.45, 2.75) is 33.2 Å². The maximum Gasteiger partial charge on any atom is 0.229 e. The molecule has 0 aliphatic carbocycles. The first-order valence-electron chi connectivity index (χ1n) is 8.67. The van der Waals surface area contributed by atoms with Crippen LogP contribution in [0.25, 0.3) is 0 Å². The summed E-state index contributed by atoms with van der Waals surface area (Å²) in [4.78, 5) is 9.09. The SMILES string of the molecule is CCc1ccc(Nc2nc(C)cc(NC(C)c3ccccc3)n2)cc1. The van der Waals surface area contributed by atoms with Gasteiger partial charge in [-0.15, -0.1) is 0 Å². The van der Waals surface area contributed by atoms with E-state index in [1.165, 1.54) is 11.1 Å². The second kappa shape index (κ2) is 7.79. The maximum atomic E-state index is 4.60. The van der Waals surface area contributed by atoms with Crippen LogP contribution in [0.15, 0.2) is 60.7 Å². The van der Waals surface area contributed by atoms with Crippen LogP contribution in [0.4, 0.5) is 17.5 Å². The highest BCUT2D eigenvalue weighted by Crippen LogP contribution is 2.21. The number of nitrogens with one attached hydrogen (secondary N) is 2. The Morgan fingerprint density at radius 2 is 1.68 bits per heavy atom. The molecule has 0 saturated heterocycles. The molecule has 0 radical (unpaired) electrons. The molecule has 0 aliphatic rings. The van der Waals surface area contributed by atoms with Crippen molar-refractivity contribution in [1.82, 2.24) is 9.97 Å². The lowest BCUT2D eigenvalue weighted by molar-refractivity contribution is 0.871. The molecule has 0 amide bonds. The van der Waals surface area contributed by atoms with Gasteiger partial charge in [0.25, 0.3) is 0 Å². The van der Waals surface area contributed by atoms with Crippen LogP contribution in [0.5, 0.6) is 0 Å². The lowest BCUT2D eigenvalue weighted by atomic mass is 10.1. The van der Waals surface area contributed by atoms with Gasteiger partial charge in [-0.05, 0) is 43.5 Å². The molecule has 1 heterocycles. The fourth-order valence-corrected chi connectivity index (χ4v) is 2.70. The molecule has 2 aromatic carbocycles. The summed E-state index contributed by atoms with van der Waals surface area (Å²) in [6.07, 6.45) is 1.03. The Bertz CT molecular complexity index is 813. The summed E-state index contributed by atoms with van der Waals surface area (Å²) in [5.41, 5.74) is 4.45. The Morgan fingerprint density at radius 1 is 0.960 bits per heavy atom. The van der Waals surface area contributed by atoms with Crippen LogP contribution >= 0.6 is 0 Å². The first-order chi connectivity index (χ1) is 12.1. The largest absolute Gasteiger partial charge is 0.363 e. The number of aromatic nitrogens is 2. The highest BCUT2D eigenvalue weighted by atomic mass is 15.1. The number of rotatable bonds is 6. The summed E-state index contributed by atoms with van der Waals surface area (Å²) in [6, 6.07) is 20.8. The molecular formula is C21H24N4. The van der Waals surface area contributed by atoms with Crippen molar-refractivity contribution in [2.75, 3.05) is 10.6 Å². The van der Waals surface area contributed by atoms with Gasteiger partial charge >= 0.3 is 0 Å². The average Bonchev–Trinajstić information content (AvgIpc) is 2.62. The van der Waals surface area contributed by atoms with E-state index in [1.807, 2.05) is 31.2 Å². The smallest absolute Gasteiger partial charge is 0.229 e. The zero-order valence-electron chi connectivity index (χ0n) is 15.0. The third-order valence-corrected chi connectivity index (χ3v) is 4.14. The number of hydrogen-bond acceptors (Lipinski definition) is 4. The highest BCUT2D eigenvalue weighted by molar-refractivity contribution is 5.56. The van der Waals surface area contributed by atoms with E-state index in [9.17, 15) is 0 Å². The predicted octanol–water partition coefficient (Wildman–Crippen LogP) is 5.26. The number of benzene rings is 2. The van der Waals surface area contributed by atoms with Crippen molar-refractivity contribution >= 4 is 17.5 Å². The van der Waals surface area contributed by atoms with Crippen LogP contribution < -0.4 is 10.6 Å². The van der Waals surface area contributed by atoms with E-state index in [1.54, 1.807) is 0 Å². The second-order valence-electron chi connectivity index (χ2n) is 6.17. The molecule has 1 aromatic heterocycles. The number of aryl methyl sites for hydroxylation is 2. The van der Waals surface area contributed by atoms with Crippen LogP contribution in [-0.2, 0) is 6.42 Å². The number of hydrogen-bond donors (Lipinski definition) is 2. The van der Waals surface area contributed by atoms with Gasteiger partial charge in [-0.25, -0.2) is 4.98 Å². The first-order valence-corrected chi connectivity index (χ1v) is 8.67. The van der Waals surface area contributed by atoms with Gasteiger partial charge in [-0.1, -0.05) is 49.4 Å². The molecule has 0 saturated carbocycles. The molecule has 25 heavy (non-hydrogen) atoms. The highest BCUT2D eigenvalue weighted by Gasteiger charge is 2.08. The minimum absolute atomic E-state index is 0.173. The molecule has 0 spiro atoms. The van der Waals surface area contributed by atoms with E-state index in [0.29, 0.717) is 5.95 Å². The van der Waals surface area contributed by atoms with E-state index < -0.39 is 0 Å². The van der Waals surface area contributed by atoms with Crippen molar-refractivity contribution < 1.29 is 0 Å². The molecular weight excluding hydrogens is 308 g/mol. The molecule has 128 valence electrons. The minimum atomic E-state index is 0.173. The van der Waals surface area contributed by atoms with Gasteiger partial charge in [0.2, 0.25) is 5.95 Å². The van der Waals surface area contributed by atoms with Crippen LogP contribution in [0.3, 0.4) is 0 Å². The Kier molecular flexibility index (Phi) is 5.29. The quantitative estimate of drug-likeness (QED) is 0.646. The van der Waals surface area contributed by atoms with E-state index in [2.05, 4.69) is 70.8 Å². The van der Waals surface area contributed by atoms with E-state index in [-0.39, 0.29) is 6.04 Å². The molecule has 0 aliphatic heterocycles. The van der Waals surface area contributed by atoms with Crippen molar-refractivity contribution in [1.29, 1.82) is 0 Å². The third-order valence-electron chi connectivity index (χ3n) is 4.14. The Hall–Kier alpha value is -2.88. The predicted molar refractivity (Wildman–Crippen MR) is 104 cm³/mol. The summed E-state index contributed by atoms with van der Waals surface area (Å²) < 4.78 is 0. The molecule has 2 N–H and O–H groups in total. The fourth-order valence-electron chi connectivity index (χ4n) is 2.70. The van der Waals surface area contributed by atoms with Gasteiger partial charge in [-0.2, -0.15) is 4.98 Å². The van der Waals surface area contributed by atoms with E-state index in [0.717, 1.165) is 23.6 Å². The van der Waals surface area contributed by atoms with Gasteiger partial charge in [0.15, 0.2) is 0 Å². The molecule has 4 heteroatoms. The molecule has 4 nitrogen and oxygen atoms in total. The number of anilines is 3. The van der Waals surface area contributed by atoms with Gasteiger partial charge < -0.3 is 10.6 Å². The summed E-state index contributed by atoms with van der Waals surface area (Å²) in [5.74, 6) is 1.42. The van der Waals surface area contributed by atoms with Gasteiger partial charge in [0, 0.05) is 23.5 Å². The van der Waals surface area contributed by atoms with Gasteiger partial charge in [0.1, 0.15) is 5.82 Å². The molecule has 1 unspecified atom stereocenters. The van der Waals surface area contributed by atoms with Crippen molar-refractivity contribution in [3.05, 3.63) is 77.5 Å². The lowest BCUT2D eigenvalue weighted by Crippen LogP contribution is -2.09. The Morgan fingerprint density at radius 3 is 2.36 bits per heavy atom. The normalized spacial score (nSPS) is 11.8. The van der Waals surface area contributed by atoms with Crippen molar-refractivity contribution in [2.24, 2.45) is 0 Å². The van der Waals surface area contributed by atoms with Crippen LogP contribution in [0.1, 0.15) is 36.7 Å². The monoisotopic (exact) mass is 332 g/mol. The summed E-state index contributed by atoms with van der Waals surface area (Å²) >= 11 is 0. The Labute approximate surface area is 149 Å². The van der Waals surface area contributed by atoms with E-state index in [4.69, 9.17) is 0 Å². The second-order valence-corrected chi connectivity index (χ2v) is 6.17. The third kappa shape index (κ3) is 4.57. The van der Waals surface area contributed by atoms with E-state index >= 15 is 0 Å². The zero-order valence-corrected chi connectivity index (χ0v) is 15.0. The zero-order chi connectivity index (χ0) is 17.6.